The van der Waals surface area contributed by atoms with Crippen molar-refractivity contribution in [3.05, 3.63) is 105 Å². The lowest BCUT2D eigenvalue weighted by Crippen LogP contribution is -2.41. The first-order chi connectivity index (χ1) is 23.9. The van der Waals surface area contributed by atoms with Crippen molar-refractivity contribution >= 4 is 27.5 Å². The minimum Gasteiger partial charge on any atom is -0.493 e. The molecule has 0 saturated heterocycles. The summed E-state index contributed by atoms with van der Waals surface area (Å²) in [6, 6.07) is 17.1. The highest BCUT2D eigenvalue weighted by Crippen LogP contribution is 2.59. The number of benzene rings is 4. The van der Waals surface area contributed by atoms with Crippen LogP contribution >= 0.6 is 27.5 Å². The lowest BCUT2D eigenvalue weighted by atomic mass is 9.90. The van der Waals surface area contributed by atoms with Gasteiger partial charge in [0.15, 0.2) is 0 Å². The smallest absolute Gasteiger partial charge is 0.425 e. The molecule has 0 bridgehead atoms. The predicted octanol–water partition coefficient (Wildman–Crippen LogP) is 9.43. The molecule has 4 aromatic carbocycles. The molecule has 1 unspecified atom stereocenters. The van der Waals surface area contributed by atoms with Gasteiger partial charge in [0, 0.05) is 50.7 Å². The summed E-state index contributed by atoms with van der Waals surface area (Å²) in [7, 11) is 0. The maximum absolute atomic E-state index is 13.8. The summed E-state index contributed by atoms with van der Waals surface area (Å²) < 4.78 is 94.3. The van der Waals surface area contributed by atoms with Crippen LogP contribution in [0.1, 0.15) is 62.8 Å². The molecule has 0 amide bonds. The SMILES string of the molecule is CC(C)(O)CCOc1cc(Br)c2c(c1)[C@@](O)(C(F)(F)F)c1ccccc1-2.CC(C)(O)CCOc1cc(Cl)c2c(c1)C(O)(C(F)(F)F)c1ccccc1-2. The third-order valence-electron chi connectivity index (χ3n) is 8.87. The summed E-state index contributed by atoms with van der Waals surface area (Å²) in [6.45, 7) is 6.67. The van der Waals surface area contributed by atoms with Crippen LogP contribution < -0.4 is 9.47 Å². The second-order valence-electron chi connectivity index (χ2n) is 14.0. The van der Waals surface area contributed by atoms with Gasteiger partial charge in [-0.25, -0.2) is 0 Å². The average Bonchev–Trinajstić information content (AvgIpc) is 3.44. The zero-order chi connectivity index (χ0) is 38.7. The van der Waals surface area contributed by atoms with Crippen molar-refractivity contribution in [2.75, 3.05) is 13.2 Å². The number of alkyl halides is 6. The number of aliphatic hydroxyl groups is 4. The Kier molecular flexibility index (Phi) is 10.6. The van der Waals surface area contributed by atoms with Crippen molar-refractivity contribution in [3.8, 4) is 33.8 Å². The molecule has 2 aliphatic rings. The van der Waals surface area contributed by atoms with Gasteiger partial charge in [-0.1, -0.05) is 76.1 Å². The van der Waals surface area contributed by atoms with Crippen molar-refractivity contribution < 1.29 is 56.2 Å². The largest absolute Gasteiger partial charge is 0.493 e. The Morgan fingerprint density at radius 3 is 1.42 bits per heavy atom. The zero-order valence-corrected chi connectivity index (χ0v) is 30.7. The molecule has 6 nitrogen and oxygen atoms in total. The van der Waals surface area contributed by atoms with Crippen LogP contribution in [0.25, 0.3) is 22.3 Å². The Balaban J connectivity index is 0.000000201. The quantitative estimate of drug-likeness (QED) is 0.132. The highest BCUT2D eigenvalue weighted by Gasteiger charge is 2.62. The van der Waals surface area contributed by atoms with Crippen molar-refractivity contribution in [1.82, 2.24) is 0 Å². The lowest BCUT2D eigenvalue weighted by molar-refractivity contribution is -0.247. The molecule has 0 saturated carbocycles. The number of ether oxygens (including phenoxy) is 2. The molecule has 0 fully saturated rings. The highest BCUT2D eigenvalue weighted by molar-refractivity contribution is 9.10. The number of rotatable bonds is 8. The van der Waals surface area contributed by atoms with Gasteiger partial charge in [0.25, 0.3) is 0 Å². The molecule has 2 atom stereocenters. The molecule has 4 aromatic rings. The van der Waals surface area contributed by atoms with Crippen molar-refractivity contribution in [2.24, 2.45) is 0 Å². The number of hydrogen-bond donors (Lipinski definition) is 4. The molecule has 6 rings (SSSR count). The van der Waals surface area contributed by atoms with Crippen molar-refractivity contribution in [1.29, 1.82) is 0 Å². The first-order valence-corrected chi connectivity index (χ1v) is 17.2. The summed E-state index contributed by atoms with van der Waals surface area (Å²) in [5.74, 6) is 0.295. The lowest BCUT2D eigenvalue weighted by Gasteiger charge is -2.28. The van der Waals surface area contributed by atoms with E-state index in [0.29, 0.717) is 22.0 Å². The summed E-state index contributed by atoms with van der Waals surface area (Å²) >= 11 is 9.55. The van der Waals surface area contributed by atoms with Crippen LogP contribution in [0.2, 0.25) is 5.02 Å². The van der Waals surface area contributed by atoms with Gasteiger partial charge >= 0.3 is 12.4 Å². The van der Waals surface area contributed by atoms with E-state index >= 15 is 0 Å². The highest BCUT2D eigenvalue weighted by atomic mass is 79.9. The minimum absolute atomic E-state index is 0.0633. The van der Waals surface area contributed by atoms with Crippen molar-refractivity contribution in [3.63, 3.8) is 0 Å². The zero-order valence-electron chi connectivity index (χ0n) is 28.4. The first kappa shape index (κ1) is 39.9. The van der Waals surface area contributed by atoms with E-state index in [1.54, 1.807) is 52.0 Å². The van der Waals surface area contributed by atoms with E-state index in [1.165, 1.54) is 48.5 Å². The van der Waals surface area contributed by atoms with E-state index in [1.807, 2.05) is 0 Å². The average molecular weight is 818 g/mol. The van der Waals surface area contributed by atoms with Crippen LogP contribution in [-0.4, -0.2) is 57.2 Å². The van der Waals surface area contributed by atoms with E-state index < -0.39 is 34.8 Å². The molecular formula is C38H36BrClF6O6. The maximum Gasteiger partial charge on any atom is 0.425 e. The third-order valence-corrected chi connectivity index (χ3v) is 9.79. The van der Waals surface area contributed by atoms with Gasteiger partial charge in [0.1, 0.15) is 11.5 Å². The van der Waals surface area contributed by atoms with E-state index in [0.717, 1.165) is 0 Å². The fourth-order valence-corrected chi connectivity index (χ4v) is 7.18. The second kappa shape index (κ2) is 13.8. The fourth-order valence-electron chi connectivity index (χ4n) is 6.22. The van der Waals surface area contributed by atoms with Gasteiger partial charge in [-0.15, -0.1) is 0 Å². The molecule has 2 aliphatic carbocycles. The second-order valence-corrected chi connectivity index (χ2v) is 15.2. The molecule has 0 aromatic heterocycles. The van der Waals surface area contributed by atoms with E-state index in [9.17, 15) is 46.8 Å². The normalized spacial score (nSPS) is 19.2. The molecule has 0 spiro atoms. The van der Waals surface area contributed by atoms with Gasteiger partial charge < -0.3 is 29.9 Å². The summed E-state index contributed by atoms with van der Waals surface area (Å²) in [5, 5.41) is 40.9. The number of hydrogen-bond acceptors (Lipinski definition) is 6. The van der Waals surface area contributed by atoms with E-state index in [4.69, 9.17) is 21.1 Å². The molecule has 52 heavy (non-hydrogen) atoms. The van der Waals surface area contributed by atoms with Crippen LogP contribution in [0.15, 0.2) is 77.3 Å². The Hall–Kier alpha value is -3.33. The Morgan fingerprint density at radius 2 is 1.00 bits per heavy atom. The summed E-state index contributed by atoms with van der Waals surface area (Å²) in [4.78, 5) is 0. The summed E-state index contributed by atoms with van der Waals surface area (Å²) in [6.07, 6.45) is -9.22. The number of fused-ring (bicyclic) bond motifs is 6. The van der Waals surface area contributed by atoms with Crippen molar-refractivity contribution in [2.45, 2.75) is 75.3 Å². The molecule has 0 heterocycles. The molecule has 14 heteroatoms. The van der Waals surface area contributed by atoms with Crippen LogP contribution in [-0.2, 0) is 11.2 Å². The topological polar surface area (TPSA) is 99.4 Å². The third kappa shape index (κ3) is 7.40. The first-order valence-electron chi connectivity index (χ1n) is 16.1. The molecule has 0 aliphatic heterocycles. The van der Waals surface area contributed by atoms with Crippen LogP contribution in [0.3, 0.4) is 0 Å². The van der Waals surface area contributed by atoms with E-state index in [2.05, 4.69) is 15.9 Å². The Bertz CT molecular complexity index is 1830. The predicted molar refractivity (Wildman–Crippen MR) is 187 cm³/mol. The van der Waals surface area contributed by atoms with Gasteiger partial charge in [0.05, 0.1) is 29.4 Å². The Morgan fingerprint density at radius 1 is 0.615 bits per heavy atom. The Labute approximate surface area is 309 Å². The van der Waals surface area contributed by atoms with Crippen LogP contribution in [0.5, 0.6) is 11.5 Å². The van der Waals surface area contributed by atoms with Crippen LogP contribution in [0.4, 0.5) is 26.3 Å². The van der Waals surface area contributed by atoms with Gasteiger partial charge in [-0.2, -0.15) is 26.3 Å². The van der Waals surface area contributed by atoms with Gasteiger partial charge in [-0.3, -0.25) is 0 Å². The molecule has 0 radical (unpaired) electrons. The van der Waals surface area contributed by atoms with E-state index in [-0.39, 0.29) is 69.5 Å². The summed E-state index contributed by atoms with van der Waals surface area (Å²) in [5.41, 5.74) is -8.21. The molecule has 280 valence electrons. The van der Waals surface area contributed by atoms with Crippen LogP contribution in [0, 0.1) is 0 Å². The molecular weight excluding hydrogens is 782 g/mol. The standard InChI is InChI=1S/C19H18BrF3O3.C19H18ClF3O3/c2*1-17(2,24)7-8-26-11-9-14-16(15(20)10-11)12-5-3-4-6-13(12)18(14,25)19(21,22)23/h2*3-6,9-10,24-25H,7-8H2,1-2H3/t18-;/m1./s1. The number of halogens is 8. The monoisotopic (exact) mass is 816 g/mol. The fraction of sp³-hybridized carbons (Fsp3) is 0.368. The minimum atomic E-state index is -4.93. The molecule has 4 N–H and O–H groups in total. The maximum atomic E-state index is 13.8. The van der Waals surface area contributed by atoms with Gasteiger partial charge in [-0.05, 0) is 63.1 Å². The van der Waals surface area contributed by atoms with Gasteiger partial charge in [0.2, 0.25) is 11.2 Å².